The molecule has 0 atom stereocenters. The summed E-state index contributed by atoms with van der Waals surface area (Å²) in [6, 6.07) is 6.66. The van der Waals surface area contributed by atoms with Gasteiger partial charge in [0.2, 0.25) is 0 Å². The van der Waals surface area contributed by atoms with Gasteiger partial charge in [0.15, 0.2) is 0 Å². The van der Waals surface area contributed by atoms with Crippen molar-refractivity contribution in [3.05, 3.63) is 29.3 Å². The van der Waals surface area contributed by atoms with Crippen molar-refractivity contribution in [3.8, 4) is 0 Å². The average Bonchev–Trinajstić information content (AvgIpc) is 2.67. The molecule has 0 aliphatic carbocycles. The Kier molecular flexibility index (Phi) is 3.04. The van der Waals surface area contributed by atoms with Crippen LogP contribution >= 0.6 is 0 Å². The van der Waals surface area contributed by atoms with Gasteiger partial charge in [-0.05, 0) is 44.0 Å². The van der Waals surface area contributed by atoms with Gasteiger partial charge in [0.05, 0.1) is 0 Å². The molecule has 76 valence electrons. The third-order valence-corrected chi connectivity index (χ3v) is 2.81. The molecule has 1 aromatic rings. The molecular formula is C12H18N2. The lowest BCUT2D eigenvalue weighted by atomic mass is 10.0. The minimum absolute atomic E-state index is 1.10. The molecule has 0 unspecified atom stereocenters. The summed E-state index contributed by atoms with van der Waals surface area (Å²) in [5.41, 5.74) is 4.38. The van der Waals surface area contributed by atoms with E-state index < -0.39 is 0 Å². The second-order valence-corrected chi connectivity index (χ2v) is 3.84. The van der Waals surface area contributed by atoms with E-state index in [1.165, 1.54) is 36.1 Å². The van der Waals surface area contributed by atoms with Crippen LogP contribution in [0.4, 0.5) is 5.69 Å². The van der Waals surface area contributed by atoms with Crippen LogP contribution in [-0.2, 0) is 12.8 Å². The Morgan fingerprint density at radius 3 is 3.21 bits per heavy atom. The van der Waals surface area contributed by atoms with Crippen LogP contribution in [0.15, 0.2) is 18.2 Å². The zero-order chi connectivity index (χ0) is 9.80. The molecule has 1 aromatic carbocycles. The third-order valence-electron chi connectivity index (χ3n) is 2.81. The molecule has 2 N–H and O–H groups in total. The predicted octanol–water partition coefficient (Wildman–Crippen LogP) is 1.81. The van der Waals surface area contributed by atoms with Crippen molar-refractivity contribution in [1.82, 2.24) is 5.32 Å². The Labute approximate surface area is 85.7 Å². The molecule has 1 aliphatic rings. The maximum atomic E-state index is 3.48. The summed E-state index contributed by atoms with van der Waals surface area (Å²) in [7, 11) is 2.01. The molecule has 2 heteroatoms. The number of benzene rings is 1. The standard InChI is InChI=1S/C12H18N2/c1-13-8-3-6-10-4-2-5-11-7-9-14-12(10)11/h2,4-5,13-14H,3,6-9H2,1H3. The third kappa shape index (κ3) is 1.90. The first kappa shape index (κ1) is 9.53. The molecule has 0 fully saturated rings. The highest BCUT2D eigenvalue weighted by atomic mass is 14.9. The zero-order valence-corrected chi connectivity index (χ0v) is 8.77. The lowest BCUT2D eigenvalue weighted by molar-refractivity contribution is 0.725. The monoisotopic (exact) mass is 190 g/mol. The number of rotatable bonds is 4. The van der Waals surface area contributed by atoms with Gasteiger partial charge < -0.3 is 10.6 Å². The number of anilines is 1. The normalized spacial score (nSPS) is 13.8. The zero-order valence-electron chi connectivity index (χ0n) is 8.77. The fraction of sp³-hybridized carbons (Fsp3) is 0.500. The summed E-state index contributed by atoms with van der Waals surface area (Å²) in [6.45, 7) is 2.21. The first-order valence-corrected chi connectivity index (χ1v) is 5.41. The molecule has 14 heavy (non-hydrogen) atoms. The highest BCUT2D eigenvalue weighted by Crippen LogP contribution is 2.26. The van der Waals surface area contributed by atoms with E-state index >= 15 is 0 Å². The van der Waals surface area contributed by atoms with Crippen LogP contribution in [0.1, 0.15) is 17.5 Å². The van der Waals surface area contributed by atoms with Crippen molar-refractivity contribution < 1.29 is 0 Å². The number of para-hydroxylation sites is 1. The molecule has 0 saturated carbocycles. The summed E-state index contributed by atoms with van der Waals surface area (Å²) in [4.78, 5) is 0. The van der Waals surface area contributed by atoms with Gasteiger partial charge in [-0.25, -0.2) is 0 Å². The molecule has 2 rings (SSSR count). The van der Waals surface area contributed by atoms with Crippen LogP contribution < -0.4 is 10.6 Å². The molecule has 0 aromatic heterocycles. The van der Waals surface area contributed by atoms with Crippen molar-refractivity contribution in [1.29, 1.82) is 0 Å². The van der Waals surface area contributed by atoms with E-state index in [0.717, 1.165) is 13.1 Å². The fourth-order valence-electron chi connectivity index (χ4n) is 2.07. The number of fused-ring (bicyclic) bond motifs is 1. The second-order valence-electron chi connectivity index (χ2n) is 3.84. The number of nitrogens with one attached hydrogen (secondary N) is 2. The quantitative estimate of drug-likeness (QED) is 0.708. The minimum atomic E-state index is 1.10. The molecule has 2 nitrogen and oxygen atoms in total. The lowest BCUT2D eigenvalue weighted by Gasteiger charge is -2.08. The molecule has 0 saturated heterocycles. The fourth-order valence-corrected chi connectivity index (χ4v) is 2.07. The van der Waals surface area contributed by atoms with Crippen LogP contribution in [0, 0.1) is 0 Å². The summed E-state index contributed by atoms with van der Waals surface area (Å²) in [5.74, 6) is 0. The van der Waals surface area contributed by atoms with Crippen LogP contribution in [0.2, 0.25) is 0 Å². The molecule has 1 heterocycles. The van der Waals surface area contributed by atoms with Gasteiger partial charge in [0.25, 0.3) is 0 Å². The van der Waals surface area contributed by atoms with Crippen molar-refractivity contribution in [2.75, 3.05) is 25.5 Å². The van der Waals surface area contributed by atoms with Crippen molar-refractivity contribution in [2.24, 2.45) is 0 Å². The average molecular weight is 190 g/mol. The smallest absolute Gasteiger partial charge is 0.0406 e. The molecule has 0 amide bonds. The Bertz CT molecular complexity index is 307. The number of hydrogen-bond donors (Lipinski definition) is 2. The van der Waals surface area contributed by atoms with Crippen LogP contribution in [0.3, 0.4) is 0 Å². The molecule has 0 radical (unpaired) electrons. The minimum Gasteiger partial charge on any atom is -0.384 e. The summed E-state index contributed by atoms with van der Waals surface area (Å²) >= 11 is 0. The summed E-state index contributed by atoms with van der Waals surface area (Å²) in [5, 5.41) is 6.66. The lowest BCUT2D eigenvalue weighted by Crippen LogP contribution is -2.08. The summed E-state index contributed by atoms with van der Waals surface area (Å²) < 4.78 is 0. The SMILES string of the molecule is CNCCCc1cccc2c1NCC2. The van der Waals surface area contributed by atoms with Crippen LogP contribution in [0.5, 0.6) is 0 Å². The van der Waals surface area contributed by atoms with Crippen molar-refractivity contribution in [3.63, 3.8) is 0 Å². The van der Waals surface area contributed by atoms with E-state index in [0.29, 0.717) is 0 Å². The van der Waals surface area contributed by atoms with Crippen LogP contribution in [-0.4, -0.2) is 20.1 Å². The molecule has 0 bridgehead atoms. The largest absolute Gasteiger partial charge is 0.384 e. The van der Waals surface area contributed by atoms with E-state index in [-0.39, 0.29) is 0 Å². The van der Waals surface area contributed by atoms with Gasteiger partial charge in [-0.3, -0.25) is 0 Å². The molecule has 0 spiro atoms. The molecular weight excluding hydrogens is 172 g/mol. The van der Waals surface area contributed by atoms with Crippen molar-refractivity contribution >= 4 is 5.69 Å². The van der Waals surface area contributed by atoms with E-state index in [1.807, 2.05) is 7.05 Å². The Morgan fingerprint density at radius 2 is 2.36 bits per heavy atom. The Morgan fingerprint density at radius 1 is 1.43 bits per heavy atom. The van der Waals surface area contributed by atoms with E-state index in [9.17, 15) is 0 Å². The second kappa shape index (κ2) is 4.47. The van der Waals surface area contributed by atoms with Gasteiger partial charge in [-0.2, -0.15) is 0 Å². The Hall–Kier alpha value is -1.02. The first-order chi connectivity index (χ1) is 6.92. The highest BCUT2D eigenvalue weighted by Gasteiger charge is 2.12. The van der Waals surface area contributed by atoms with Gasteiger partial charge >= 0.3 is 0 Å². The van der Waals surface area contributed by atoms with Gasteiger partial charge in [-0.15, -0.1) is 0 Å². The van der Waals surface area contributed by atoms with E-state index in [4.69, 9.17) is 0 Å². The van der Waals surface area contributed by atoms with Crippen molar-refractivity contribution in [2.45, 2.75) is 19.3 Å². The topological polar surface area (TPSA) is 24.1 Å². The molecule has 1 aliphatic heterocycles. The van der Waals surface area contributed by atoms with Crippen LogP contribution in [0.25, 0.3) is 0 Å². The number of aryl methyl sites for hydroxylation is 1. The van der Waals surface area contributed by atoms with Gasteiger partial charge in [0.1, 0.15) is 0 Å². The van der Waals surface area contributed by atoms with E-state index in [2.05, 4.69) is 28.8 Å². The first-order valence-electron chi connectivity index (χ1n) is 5.41. The Balaban J connectivity index is 2.06. The predicted molar refractivity (Wildman–Crippen MR) is 60.9 cm³/mol. The highest BCUT2D eigenvalue weighted by molar-refractivity contribution is 5.61. The maximum Gasteiger partial charge on any atom is 0.0406 e. The maximum absolute atomic E-state index is 3.48. The van der Waals surface area contributed by atoms with E-state index in [1.54, 1.807) is 0 Å². The van der Waals surface area contributed by atoms with Gasteiger partial charge in [-0.1, -0.05) is 18.2 Å². The number of hydrogen-bond acceptors (Lipinski definition) is 2. The summed E-state index contributed by atoms with van der Waals surface area (Å²) in [6.07, 6.45) is 3.58. The van der Waals surface area contributed by atoms with Gasteiger partial charge in [0, 0.05) is 12.2 Å².